The molecule has 0 bridgehead atoms. The van der Waals surface area contributed by atoms with Crippen molar-refractivity contribution in [2.75, 3.05) is 24.2 Å². The Kier molecular flexibility index (Phi) is 8.01. The molecule has 1 amide bonds. The topological polar surface area (TPSA) is 75.7 Å². The molecule has 2 aromatic rings. The van der Waals surface area contributed by atoms with Gasteiger partial charge in [0.1, 0.15) is 17.6 Å². The highest BCUT2D eigenvalue weighted by Crippen LogP contribution is 2.26. The van der Waals surface area contributed by atoms with E-state index in [-0.39, 0.29) is 11.7 Å². The van der Waals surface area contributed by atoms with Gasteiger partial charge in [-0.3, -0.25) is 9.10 Å². The van der Waals surface area contributed by atoms with Gasteiger partial charge < -0.3 is 10.1 Å². The number of ether oxygens (including phenoxy) is 1. The standard InChI is InChI=1S/C21H27FN2O4S/c1-4-20(21(25)23-14-6-7-16-10-12-17(22)13-11-16)24(29(3,26)27)18-8-5-9-19(15-18)28-2/h5,8-13,15,20H,4,6-7,14H2,1-3H3,(H,23,25)/t20-/m0/s1. The molecule has 158 valence electrons. The van der Waals surface area contributed by atoms with E-state index in [4.69, 9.17) is 4.74 Å². The predicted molar refractivity (Wildman–Crippen MR) is 112 cm³/mol. The molecule has 0 unspecified atom stereocenters. The van der Waals surface area contributed by atoms with Crippen molar-refractivity contribution < 1.29 is 22.3 Å². The molecule has 1 atom stereocenters. The normalized spacial score (nSPS) is 12.3. The smallest absolute Gasteiger partial charge is 0.243 e. The number of aryl methyl sites for hydroxylation is 1. The maximum Gasteiger partial charge on any atom is 0.243 e. The summed E-state index contributed by atoms with van der Waals surface area (Å²) in [6, 6.07) is 12.0. The van der Waals surface area contributed by atoms with Gasteiger partial charge in [0, 0.05) is 12.6 Å². The van der Waals surface area contributed by atoms with Crippen LogP contribution in [0.2, 0.25) is 0 Å². The molecule has 1 N–H and O–H groups in total. The van der Waals surface area contributed by atoms with Gasteiger partial charge in [0.25, 0.3) is 0 Å². The molecule has 0 aliphatic rings. The summed E-state index contributed by atoms with van der Waals surface area (Å²) in [4.78, 5) is 12.7. The van der Waals surface area contributed by atoms with Crippen LogP contribution < -0.4 is 14.4 Å². The Morgan fingerprint density at radius 3 is 2.48 bits per heavy atom. The van der Waals surface area contributed by atoms with Gasteiger partial charge in [-0.05, 0) is 49.1 Å². The van der Waals surface area contributed by atoms with Gasteiger partial charge in [0.15, 0.2) is 0 Å². The van der Waals surface area contributed by atoms with Gasteiger partial charge >= 0.3 is 0 Å². The number of hydrogen-bond donors (Lipinski definition) is 1. The zero-order chi connectivity index (χ0) is 21.4. The summed E-state index contributed by atoms with van der Waals surface area (Å²) in [5.74, 6) is -0.142. The highest BCUT2D eigenvalue weighted by Gasteiger charge is 2.31. The van der Waals surface area contributed by atoms with Gasteiger partial charge in [0.2, 0.25) is 15.9 Å². The molecular formula is C21H27FN2O4S. The third-order valence-electron chi connectivity index (χ3n) is 4.49. The van der Waals surface area contributed by atoms with Crippen LogP contribution in [-0.4, -0.2) is 40.3 Å². The van der Waals surface area contributed by atoms with E-state index >= 15 is 0 Å². The van der Waals surface area contributed by atoms with Gasteiger partial charge in [0.05, 0.1) is 19.1 Å². The van der Waals surface area contributed by atoms with Crippen molar-refractivity contribution >= 4 is 21.6 Å². The molecule has 2 aromatic carbocycles. The van der Waals surface area contributed by atoms with E-state index in [0.717, 1.165) is 16.1 Å². The number of amides is 1. The Labute approximate surface area is 171 Å². The molecule has 0 aliphatic heterocycles. The minimum atomic E-state index is -3.70. The van der Waals surface area contributed by atoms with Crippen LogP contribution >= 0.6 is 0 Å². The molecule has 0 fully saturated rings. The fourth-order valence-corrected chi connectivity index (χ4v) is 4.28. The number of anilines is 1. The van der Waals surface area contributed by atoms with Crippen LogP contribution in [0.4, 0.5) is 10.1 Å². The van der Waals surface area contributed by atoms with E-state index < -0.39 is 16.1 Å². The number of carbonyl (C=O) groups is 1. The van der Waals surface area contributed by atoms with Crippen LogP contribution in [0.15, 0.2) is 48.5 Å². The molecule has 0 spiro atoms. The quantitative estimate of drug-likeness (QED) is 0.597. The Morgan fingerprint density at radius 2 is 1.90 bits per heavy atom. The summed E-state index contributed by atoms with van der Waals surface area (Å²) in [6.45, 7) is 2.16. The first kappa shape index (κ1) is 22.7. The fourth-order valence-electron chi connectivity index (χ4n) is 3.08. The minimum absolute atomic E-state index is 0.286. The highest BCUT2D eigenvalue weighted by atomic mass is 32.2. The number of nitrogens with one attached hydrogen (secondary N) is 1. The lowest BCUT2D eigenvalue weighted by molar-refractivity contribution is -0.122. The van der Waals surface area contributed by atoms with Gasteiger partial charge in [-0.2, -0.15) is 0 Å². The van der Waals surface area contributed by atoms with E-state index in [0.29, 0.717) is 37.2 Å². The first-order chi connectivity index (χ1) is 13.8. The van der Waals surface area contributed by atoms with Crippen molar-refractivity contribution in [2.45, 2.75) is 32.2 Å². The molecule has 0 radical (unpaired) electrons. The second-order valence-electron chi connectivity index (χ2n) is 6.71. The second kappa shape index (κ2) is 10.2. The largest absolute Gasteiger partial charge is 0.497 e. The number of benzene rings is 2. The first-order valence-electron chi connectivity index (χ1n) is 9.42. The molecule has 0 saturated carbocycles. The fraction of sp³-hybridized carbons (Fsp3) is 0.381. The molecule has 0 heterocycles. The van der Waals surface area contributed by atoms with Crippen molar-refractivity contribution in [1.82, 2.24) is 5.32 Å². The van der Waals surface area contributed by atoms with Gasteiger partial charge in [-0.25, -0.2) is 12.8 Å². The van der Waals surface area contributed by atoms with Crippen molar-refractivity contribution in [3.05, 3.63) is 59.9 Å². The van der Waals surface area contributed by atoms with Crippen LogP contribution in [0.25, 0.3) is 0 Å². The summed E-state index contributed by atoms with van der Waals surface area (Å²) >= 11 is 0. The maximum absolute atomic E-state index is 12.9. The van der Waals surface area contributed by atoms with Crippen LogP contribution in [0.5, 0.6) is 5.75 Å². The Hall–Kier alpha value is -2.61. The number of rotatable bonds is 10. The zero-order valence-electron chi connectivity index (χ0n) is 16.9. The second-order valence-corrected chi connectivity index (χ2v) is 8.56. The lowest BCUT2D eigenvalue weighted by Crippen LogP contribution is -2.49. The molecule has 8 heteroatoms. The third kappa shape index (κ3) is 6.45. The Morgan fingerprint density at radius 1 is 1.21 bits per heavy atom. The van der Waals surface area contributed by atoms with Crippen LogP contribution in [0.1, 0.15) is 25.3 Å². The lowest BCUT2D eigenvalue weighted by Gasteiger charge is -2.30. The SMILES string of the molecule is CC[C@@H](C(=O)NCCCc1ccc(F)cc1)N(c1cccc(OC)c1)S(C)(=O)=O. The van der Waals surface area contributed by atoms with E-state index in [1.807, 2.05) is 0 Å². The zero-order valence-corrected chi connectivity index (χ0v) is 17.7. The predicted octanol–water partition coefficient (Wildman–Crippen LogP) is 3.13. The van der Waals surface area contributed by atoms with Crippen LogP contribution in [0, 0.1) is 5.82 Å². The molecule has 0 aliphatic carbocycles. The monoisotopic (exact) mass is 422 g/mol. The molecule has 29 heavy (non-hydrogen) atoms. The number of carbonyl (C=O) groups excluding carboxylic acids is 1. The summed E-state index contributed by atoms with van der Waals surface area (Å²) < 4.78 is 44.2. The molecule has 0 aromatic heterocycles. The number of nitrogens with zero attached hydrogens (tertiary/aromatic N) is 1. The summed E-state index contributed by atoms with van der Waals surface area (Å²) in [6.07, 6.45) is 2.74. The van der Waals surface area contributed by atoms with Crippen LogP contribution in [-0.2, 0) is 21.2 Å². The number of halogens is 1. The van der Waals surface area contributed by atoms with E-state index in [9.17, 15) is 17.6 Å². The molecular weight excluding hydrogens is 395 g/mol. The van der Waals surface area contributed by atoms with Crippen molar-refractivity contribution in [3.8, 4) is 5.75 Å². The Balaban J connectivity index is 2.06. The lowest BCUT2D eigenvalue weighted by atomic mass is 10.1. The van der Waals surface area contributed by atoms with Crippen molar-refractivity contribution in [1.29, 1.82) is 0 Å². The van der Waals surface area contributed by atoms with Crippen molar-refractivity contribution in [3.63, 3.8) is 0 Å². The van der Waals surface area contributed by atoms with Crippen LogP contribution in [0.3, 0.4) is 0 Å². The van der Waals surface area contributed by atoms with Crippen molar-refractivity contribution in [2.24, 2.45) is 0 Å². The number of methoxy groups -OCH3 is 1. The Bertz CT molecular complexity index is 917. The van der Waals surface area contributed by atoms with E-state index in [2.05, 4.69) is 5.32 Å². The number of sulfonamides is 1. The minimum Gasteiger partial charge on any atom is -0.497 e. The molecule has 0 saturated heterocycles. The number of hydrogen-bond acceptors (Lipinski definition) is 4. The van der Waals surface area contributed by atoms with Gasteiger partial charge in [-0.15, -0.1) is 0 Å². The van der Waals surface area contributed by atoms with E-state index in [1.54, 1.807) is 43.3 Å². The molecule has 6 nitrogen and oxygen atoms in total. The first-order valence-corrected chi connectivity index (χ1v) is 11.3. The molecule has 2 rings (SSSR count). The van der Waals surface area contributed by atoms with Gasteiger partial charge in [-0.1, -0.05) is 25.1 Å². The van der Waals surface area contributed by atoms with E-state index in [1.165, 1.54) is 19.2 Å². The average molecular weight is 423 g/mol. The third-order valence-corrected chi connectivity index (χ3v) is 5.67. The summed E-state index contributed by atoms with van der Waals surface area (Å²) in [5.41, 5.74) is 1.35. The maximum atomic E-state index is 12.9. The highest BCUT2D eigenvalue weighted by molar-refractivity contribution is 7.92. The summed E-state index contributed by atoms with van der Waals surface area (Å²) in [5, 5.41) is 2.82. The average Bonchev–Trinajstić information content (AvgIpc) is 2.69. The summed E-state index contributed by atoms with van der Waals surface area (Å²) in [7, 11) is -2.20.